The zero-order valence-electron chi connectivity index (χ0n) is 39.3. The van der Waals surface area contributed by atoms with Crippen LogP contribution in [0.1, 0.15) is 68.0 Å². The van der Waals surface area contributed by atoms with E-state index < -0.39 is 55.3 Å². The summed E-state index contributed by atoms with van der Waals surface area (Å²) in [6.45, 7) is 3.51. The SMILES string of the molecule is CCc1c2cc[nH]c2cn1-c1c2c(cc3c(=O)cc(C)oc13)CC(OOCC(O)(Cc1ccc(O)c3ccc(O)cc13)C(O)C(O)C(O)CO)C1(CC(C3CNC(=O)C3)C3CC4CCCNC4C1C3)O2. The van der Waals surface area contributed by atoms with Crippen LogP contribution in [0.25, 0.3) is 38.3 Å². The lowest BCUT2D eigenvalue weighted by Crippen LogP contribution is -2.70. The molecule has 0 radical (unpaired) electrons. The molecule has 3 aliphatic heterocycles. The normalized spacial score (nSPS) is 28.6. The molecule has 2 saturated carbocycles. The number of nitrogens with one attached hydrogen (secondary N) is 3. The number of hydrogen-bond acceptors (Lipinski definition) is 14. The molecule has 5 aliphatic rings. The number of hydrogen-bond donors (Lipinski definition) is 10. The van der Waals surface area contributed by atoms with Gasteiger partial charge in [0.1, 0.15) is 65.2 Å². The molecule has 4 fully saturated rings. The van der Waals surface area contributed by atoms with Crippen LogP contribution in [0.15, 0.2) is 70.1 Å². The highest BCUT2D eigenvalue weighted by atomic mass is 17.2. The zero-order chi connectivity index (χ0) is 48.8. The van der Waals surface area contributed by atoms with Crippen molar-refractivity contribution in [2.24, 2.45) is 29.6 Å². The number of aromatic hydroxyl groups is 2. The molecular weight excluding hydrogens is 901 g/mol. The largest absolute Gasteiger partial charge is 0.508 e. The summed E-state index contributed by atoms with van der Waals surface area (Å²) in [5.74, 6) is 1.34. The van der Waals surface area contributed by atoms with Crippen LogP contribution in [-0.2, 0) is 33.8 Å². The number of aromatic nitrogens is 2. The van der Waals surface area contributed by atoms with Gasteiger partial charge in [-0.05, 0) is 123 Å². The fourth-order valence-electron chi connectivity index (χ4n) is 13.4. The maximum atomic E-state index is 14.0. The van der Waals surface area contributed by atoms with Gasteiger partial charge in [0, 0.05) is 78.3 Å². The Hall–Kier alpha value is -5.50. The number of amides is 1. The molecular formula is C53H62N4O13. The van der Waals surface area contributed by atoms with Gasteiger partial charge in [0.25, 0.3) is 0 Å². The van der Waals surface area contributed by atoms with E-state index in [1.165, 1.54) is 36.4 Å². The Morgan fingerprint density at radius 2 is 1.81 bits per heavy atom. The van der Waals surface area contributed by atoms with Crippen molar-refractivity contribution in [2.45, 2.75) is 113 Å². The van der Waals surface area contributed by atoms with Gasteiger partial charge in [-0.15, -0.1) is 0 Å². The molecule has 2 aliphatic carbocycles. The number of rotatable bonds is 13. The fraction of sp³-hybridized carbons (Fsp3) is 0.509. The molecule has 3 aromatic carbocycles. The Morgan fingerprint density at radius 3 is 2.60 bits per heavy atom. The molecule has 1 amide bonds. The second-order valence-corrected chi connectivity index (χ2v) is 20.8. The van der Waals surface area contributed by atoms with E-state index >= 15 is 0 Å². The van der Waals surface area contributed by atoms with Crippen molar-refractivity contribution >= 4 is 38.6 Å². The van der Waals surface area contributed by atoms with Crippen LogP contribution in [0.5, 0.6) is 17.2 Å². The van der Waals surface area contributed by atoms with Gasteiger partial charge < -0.3 is 65.1 Å². The maximum Gasteiger partial charge on any atom is 0.220 e. The maximum absolute atomic E-state index is 14.0. The Kier molecular flexibility index (Phi) is 12.0. The summed E-state index contributed by atoms with van der Waals surface area (Å²) in [7, 11) is 0. The number of carbonyl (C=O) groups is 1. The summed E-state index contributed by atoms with van der Waals surface area (Å²) in [5.41, 5.74) is 0.0801. The van der Waals surface area contributed by atoms with Crippen molar-refractivity contribution in [3.63, 3.8) is 0 Å². The standard InChI is InChI=1S/C53H62N4O13/c1-3-40-34-10-12-54-39(34)23-57(40)47-49-30(15-36-42(61)13-26(2)68-50(36)47)17-44(53(69-49)21-37(31-18-45(63)56-22-31)29-14-27-5-4-11-55-46(27)38(53)16-29)70-67-25-52(66,51(65)48(64)43(62)24-58)20-28-6-9-41(60)33-8-7-32(59)19-35(28)33/h6-10,12-13,15,19,23,27,29,31,37-38,43-44,46,48,51,54-55,58-60,62,64-66H,3-5,11,14,16-18,20-22,24-25H2,1-2H3,(H,56,63). The smallest absolute Gasteiger partial charge is 0.220 e. The molecule has 2 bridgehead atoms. The highest BCUT2D eigenvalue weighted by molar-refractivity contribution is 5.93. The molecule has 3 aromatic heterocycles. The summed E-state index contributed by atoms with van der Waals surface area (Å²) in [5, 5.41) is 86.1. The molecule has 12 unspecified atom stereocenters. The third-order valence-electron chi connectivity index (χ3n) is 16.8. The molecule has 1 spiro atoms. The first kappa shape index (κ1) is 46.9. The van der Waals surface area contributed by atoms with Crippen LogP contribution < -0.4 is 20.8 Å². The topological polar surface area (TPSA) is 261 Å². The molecule has 12 atom stereocenters. The quantitative estimate of drug-likeness (QED) is 0.0578. The van der Waals surface area contributed by atoms with Gasteiger partial charge in [0.05, 0.1) is 17.5 Å². The van der Waals surface area contributed by atoms with Crippen LogP contribution >= 0.6 is 0 Å². The van der Waals surface area contributed by atoms with Crippen molar-refractivity contribution in [1.82, 2.24) is 20.2 Å². The van der Waals surface area contributed by atoms with Crippen LogP contribution in [0.2, 0.25) is 0 Å². The number of carbonyl (C=O) groups excluding carboxylic acids is 1. The van der Waals surface area contributed by atoms with E-state index in [2.05, 4.69) is 27.1 Å². The lowest BCUT2D eigenvalue weighted by atomic mass is 9.51. The van der Waals surface area contributed by atoms with E-state index in [0.29, 0.717) is 87.7 Å². The molecule has 6 heterocycles. The van der Waals surface area contributed by atoms with Crippen molar-refractivity contribution in [3.8, 4) is 22.9 Å². The second kappa shape index (κ2) is 18.0. The third kappa shape index (κ3) is 7.76. The molecule has 10 N–H and O–H groups in total. The number of ether oxygens (including phenoxy) is 1. The van der Waals surface area contributed by atoms with Crippen molar-refractivity contribution in [1.29, 1.82) is 0 Å². The van der Waals surface area contributed by atoms with E-state index in [9.17, 15) is 45.3 Å². The molecule has 6 aromatic rings. The Balaban J connectivity index is 1.06. The van der Waals surface area contributed by atoms with Crippen molar-refractivity contribution < 1.29 is 59.5 Å². The predicted octanol–water partition coefficient (Wildman–Crippen LogP) is 4.09. The summed E-state index contributed by atoms with van der Waals surface area (Å²) in [6, 6.07) is 12.6. The first-order valence-electron chi connectivity index (χ1n) is 24.8. The number of aliphatic hydroxyl groups is 5. The molecule has 17 nitrogen and oxygen atoms in total. The Bertz CT molecular complexity index is 3040. The first-order valence-corrected chi connectivity index (χ1v) is 24.8. The molecule has 17 heteroatoms. The van der Waals surface area contributed by atoms with Gasteiger partial charge in [-0.1, -0.05) is 13.0 Å². The summed E-state index contributed by atoms with van der Waals surface area (Å²) in [6.07, 6.45) is 2.11. The average Bonchev–Trinajstić information content (AvgIpc) is 4.09. The van der Waals surface area contributed by atoms with E-state index in [4.69, 9.17) is 18.9 Å². The second-order valence-electron chi connectivity index (χ2n) is 20.8. The molecule has 372 valence electrons. The molecule has 2 saturated heterocycles. The third-order valence-corrected chi connectivity index (χ3v) is 16.8. The fourth-order valence-corrected chi connectivity index (χ4v) is 13.4. The van der Waals surface area contributed by atoms with Crippen LogP contribution in [0.3, 0.4) is 0 Å². The molecule has 11 rings (SSSR count). The Morgan fingerprint density at radius 1 is 0.971 bits per heavy atom. The Labute approximate surface area is 402 Å². The van der Waals surface area contributed by atoms with Crippen molar-refractivity contribution in [2.75, 3.05) is 26.3 Å². The minimum absolute atomic E-state index is 0.0118. The van der Waals surface area contributed by atoms with Gasteiger partial charge >= 0.3 is 0 Å². The number of aromatic amines is 1. The zero-order valence-corrected chi connectivity index (χ0v) is 39.3. The summed E-state index contributed by atoms with van der Waals surface area (Å²) in [4.78, 5) is 43.3. The number of phenols is 2. The van der Waals surface area contributed by atoms with Crippen molar-refractivity contribution in [3.05, 3.63) is 93.7 Å². The van der Waals surface area contributed by atoms with Gasteiger partial charge in [-0.25, -0.2) is 9.78 Å². The highest BCUT2D eigenvalue weighted by Crippen LogP contribution is 2.60. The number of phenolic OH excluding ortho intramolecular Hbond substituents is 2. The monoisotopic (exact) mass is 962 g/mol. The lowest BCUT2D eigenvalue weighted by Gasteiger charge is -2.61. The number of aryl methyl sites for hydroxylation is 2. The minimum Gasteiger partial charge on any atom is -0.508 e. The van der Waals surface area contributed by atoms with Gasteiger partial charge in [0.2, 0.25) is 5.91 Å². The lowest BCUT2D eigenvalue weighted by molar-refractivity contribution is -0.382. The van der Waals surface area contributed by atoms with E-state index in [0.717, 1.165) is 48.8 Å². The number of piperidine rings is 1. The van der Waals surface area contributed by atoms with E-state index in [-0.39, 0.29) is 53.1 Å². The van der Waals surface area contributed by atoms with Crippen LogP contribution in [-0.4, -0.2) is 119 Å². The molecule has 70 heavy (non-hydrogen) atoms. The minimum atomic E-state index is -2.42. The van der Waals surface area contributed by atoms with Gasteiger partial charge in [-0.3, -0.25) is 9.59 Å². The van der Waals surface area contributed by atoms with Crippen LogP contribution in [0.4, 0.5) is 0 Å². The summed E-state index contributed by atoms with van der Waals surface area (Å²) < 4.78 is 16.5. The number of benzene rings is 3. The van der Waals surface area contributed by atoms with Crippen LogP contribution in [0, 0.1) is 36.5 Å². The van der Waals surface area contributed by atoms with E-state index in [1.54, 1.807) is 13.0 Å². The predicted molar refractivity (Wildman–Crippen MR) is 257 cm³/mol. The number of nitrogens with zero attached hydrogens (tertiary/aromatic N) is 1. The number of H-pyrrole nitrogens is 1. The van der Waals surface area contributed by atoms with E-state index in [1.807, 2.05) is 18.5 Å². The first-order chi connectivity index (χ1) is 33.7. The number of fused-ring (bicyclic) bond motifs is 9. The van der Waals surface area contributed by atoms with Gasteiger partial charge in [-0.2, -0.15) is 0 Å². The summed E-state index contributed by atoms with van der Waals surface area (Å²) >= 11 is 0. The van der Waals surface area contributed by atoms with Gasteiger partial charge in [0.15, 0.2) is 16.8 Å². The number of aliphatic hydroxyl groups excluding tert-OH is 4. The highest BCUT2D eigenvalue weighted by Gasteiger charge is 2.64. The average molecular weight is 963 g/mol.